The van der Waals surface area contributed by atoms with Gasteiger partial charge >= 0.3 is 23.9 Å². The van der Waals surface area contributed by atoms with Crippen LogP contribution in [0.15, 0.2) is 30.3 Å². The van der Waals surface area contributed by atoms with Gasteiger partial charge in [-0.3, -0.25) is 19.2 Å². The minimum absolute atomic E-state index is 0.145. The van der Waals surface area contributed by atoms with Crippen molar-refractivity contribution in [2.24, 2.45) is 0 Å². The van der Waals surface area contributed by atoms with Gasteiger partial charge in [0.25, 0.3) is 0 Å². The molecule has 14 heteroatoms. The van der Waals surface area contributed by atoms with Crippen LogP contribution in [0.25, 0.3) is 0 Å². The van der Waals surface area contributed by atoms with Crippen molar-refractivity contribution < 1.29 is 66.5 Å². The van der Waals surface area contributed by atoms with E-state index in [1.54, 1.807) is 13.8 Å². The molecule has 0 aromatic heterocycles. The fraction of sp³-hybridized carbons (Fsp3) is 0.655. The molecule has 0 N–H and O–H groups in total. The molecule has 0 saturated carbocycles. The summed E-state index contributed by atoms with van der Waals surface area (Å²) in [5, 5.41) is 0. The van der Waals surface area contributed by atoms with E-state index in [9.17, 15) is 19.2 Å². The lowest BCUT2D eigenvalue weighted by Gasteiger charge is -2.46. The number of benzene rings is 1. The van der Waals surface area contributed by atoms with Gasteiger partial charge in [-0.1, -0.05) is 30.3 Å². The Kier molecular flexibility index (Phi) is 10.7. The van der Waals surface area contributed by atoms with Crippen molar-refractivity contribution >= 4 is 23.9 Å². The predicted molar refractivity (Wildman–Crippen MR) is 142 cm³/mol. The van der Waals surface area contributed by atoms with E-state index in [1.165, 1.54) is 6.92 Å². The molecule has 4 rings (SSSR count). The lowest BCUT2D eigenvalue weighted by atomic mass is 9.97. The van der Waals surface area contributed by atoms with Gasteiger partial charge in [-0.25, -0.2) is 0 Å². The summed E-state index contributed by atoms with van der Waals surface area (Å²) in [5.41, 5.74) is 0.878. The topological polar surface area (TPSA) is 161 Å². The Morgan fingerprint density at radius 2 is 1.42 bits per heavy atom. The summed E-state index contributed by atoms with van der Waals surface area (Å²) < 4.78 is 58.5. The average molecular weight is 611 g/mol. The minimum Gasteiger partial charge on any atom is -0.463 e. The first-order valence-electron chi connectivity index (χ1n) is 13.9. The highest BCUT2D eigenvalue weighted by Crippen LogP contribution is 2.39. The molecule has 0 aliphatic carbocycles. The number of hydrogen-bond donors (Lipinski definition) is 0. The Hall–Kier alpha value is -3.14. The largest absolute Gasteiger partial charge is 0.463 e. The second-order valence-corrected chi connectivity index (χ2v) is 10.8. The van der Waals surface area contributed by atoms with E-state index in [0.29, 0.717) is 0 Å². The summed E-state index contributed by atoms with van der Waals surface area (Å²) in [7, 11) is 0. The van der Waals surface area contributed by atoms with Gasteiger partial charge in [0.15, 0.2) is 36.7 Å². The number of esters is 4. The van der Waals surface area contributed by atoms with Crippen LogP contribution < -0.4 is 0 Å². The fourth-order valence-corrected chi connectivity index (χ4v) is 5.20. The maximum atomic E-state index is 12.3. The maximum Gasteiger partial charge on any atom is 0.303 e. The molecular formula is C29H38O14. The van der Waals surface area contributed by atoms with Gasteiger partial charge in [0, 0.05) is 27.7 Å². The molecule has 3 saturated heterocycles. The normalized spacial score (nSPS) is 33.1. The molecule has 3 aliphatic rings. The Balaban J connectivity index is 1.68. The van der Waals surface area contributed by atoms with E-state index in [0.717, 1.165) is 26.3 Å². The standard InChI is InChI=1S/C29H38O14/c1-15(30)34-13-20-22(37-16(2)31)24(38-17(3)32)26(39-18(4)33)28(40-20)41-25-23-21(42-29(5,6)43-23)14-36-27(25)35-12-19-10-8-7-9-11-19/h7-11,20-28H,12-14H2,1-6H3/t20?,21-,22+,23?,24?,25?,26?,27+,28-/m0/s1. The van der Waals surface area contributed by atoms with Crippen LogP contribution >= 0.6 is 0 Å². The SMILES string of the molecule is CC(=O)OCC1O[C@@H](OC2C3OC(C)(C)O[C@H]3CO[C@H]2OCc2ccccc2)C(OC(C)=O)C(OC(C)=O)[C@@H]1OC(C)=O. The van der Waals surface area contributed by atoms with Gasteiger partial charge in [0.05, 0.1) is 13.2 Å². The molecule has 0 bridgehead atoms. The van der Waals surface area contributed by atoms with Crippen LogP contribution in [0, 0.1) is 0 Å². The molecular weight excluding hydrogens is 572 g/mol. The van der Waals surface area contributed by atoms with Crippen molar-refractivity contribution in [1.82, 2.24) is 0 Å². The highest BCUT2D eigenvalue weighted by molar-refractivity contribution is 5.68. The smallest absolute Gasteiger partial charge is 0.303 e. The first-order valence-corrected chi connectivity index (χ1v) is 13.9. The van der Waals surface area contributed by atoms with Gasteiger partial charge in [-0.15, -0.1) is 0 Å². The zero-order valence-corrected chi connectivity index (χ0v) is 24.9. The summed E-state index contributed by atoms with van der Waals surface area (Å²) in [6.07, 6.45) is -10.0. The molecule has 3 heterocycles. The van der Waals surface area contributed by atoms with Crippen LogP contribution in [0.2, 0.25) is 0 Å². The number of fused-ring (bicyclic) bond motifs is 1. The van der Waals surface area contributed by atoms with Gasteiger partial charge in [-0.05, 0) is 19.4 Å². The van der Waals surface area contributed by atoms with Crippen molar-refractivity contribution in [3.05, 3.63) is 35.9 Å². The molecule has 3 fully saturated rings. The molecule has 3 aliphatic heterocycles. The van der Waals surface area contributed by atoms with Crippen molar-refractivity contribution in [2.75, 3.05) is 13.2 Å². The molecule has 43 heavy (non-hydrogen) atoms. The van der Waals surface area contributed by atoms with E-state index in [2.05, 4.69) is 0 Å². The number of hydrogen-bond acceptors (Lipinski definition) is 14. The quantitative estimate of drug-likeness (QED) is 0.277. The third-order valence-corrected chi connectivity index (χ3v) is 6.73. The lowest BCUT2D eigenvalue weighted by Crippen LogP contribution is -2.65. The first-order chi connectivity index (χ1) is 20.3. The van der Waals surface area contributed by atoms with Gasteiger partial charge in [-0.2, -0.15) is 0 Å². The maximum absolute atomic E-state index is 12.3. The molecule has 9 atom stereocenters. The monoisotopic (exact) mass is 610 g/mol. The first kappa shape index (κ1) is 32.8. The lowest BCUT2D eigenvalue weighted by molar-refractivity contribution is -0.353. The van der Waals surface area contributed by atoms with Crippen LogP contribution in [0.3, 0.4) is 0 Å². The summed E-state index contributed by atoms with van der Waals surface area (Å²) >= 11 is 0. The number of carbonyl (C=O) groups excluding carboxylic acids is 4. The van der Waals surface area contributed by atoms with E-state index in [-0.39, 0.29) is 13.2 Å². The third-order valence-electron chi connectivity index (χ3n) is 6.73. The van der Waals surface area contributed by atoms with E-state index >= 15 is 0 Å². The van der Waals surface area contributed by atoms with Gasteiger partial charge in [0.2, 0.25) is 0 Å². The van der Waals surface area contributed by atoms with E-state index in [1.807, 2.05) is 30.3 Å². The molecule has 1 aromatic carbocycles. The second-order valence-electron chi connectivity index (χ2n) is 10.8. The summed E-state index contributed by atoms with van der Waals surface area (Å²) in [4.78, 5) is 48.2. The summed E-state index contributed by atoms with van der Waals surface area (Å²) in [6, 6.07) is 9.41. The zero-order chi connectivity index (χ0) is 31.3. The minimum atomic E-state index is -1.46. The Bertz CT molecular complexity index is 1140. The molecule has 238 valence electrons. The van der Waals surface area contributed by atoms with Crippen LogP contribution in [-0.4, -0.2) is 98.2 Å². The third kappa shape index (κ3) is 8.71. The van der Waals surface area contributed by atoms with Crippen LogP contribution in [0.1, 0.15) is 47.1 Å². The Morgan fingerprint density at radius 3 is 2.05 bits per heavy atom. The van der Waals surface area contributed by atoms with Crippen molar-refractivity contribution in [2.45, 2.75) is 109 Å². The highest BCUT2D eigenvalue weighted by Gasteiger charge is 2.57. The summed E-state index contributed by atoms with van der Waals surface area (Å²) in [5.74, 6) is -3.86. The average Bonchev–Trinajstić information content (AvgIpc) is 3.24. The molecule has 5 unspecified atom stereocenters. The fourth-order valence-electron chi connectivity index (χ4n) is 5.20. The number of ether oxygens (including phenoxy) is 10. The van der Waals surface area contributed by atoms with Crippen LogP contribution in [0.5, 0.6) is 0 Å². The van der Waals surface area contributed by atoms with Gasteiger partial charge < -0.3 is 47.4 Å². The van der Waals surface area contributed by atoms with Crippen LogP contribution in [-0.2, 0) is 73.2 Å². The van der Waals surface area contributed by atoms with Crippen molar-refractivity contribution in [1.29, 1.82) is 0 Å². The molecule has 14 nitrogen and oxygen atoms in total. The van der Waals surface area contributed by atoms with Crippen LogP contribution in [0.4, 0.5) is 0 Å². The molecule has 0 radical (unpaired) electrons. The van der Waals surface area contributed by atoms with E-state index < -0.39 is 91.6 Å². The van der Waals surface area contributed by atoms with Crippen molar-refractivity contribution in [3.8, 4) is 0 Å². The zero-order valence-electron chi connectivity index (χ0n) is 24.9. The van der Waals surface area contributed by atoms with Gasteiger partial charge in [0.1, 0.15) is 31.0 Å². The summed E-state index contributed by atoms with van der Waals surface area (Å²) in [6.45, 7) is 8.04. The van der Waals surface area contributed by atoms with Crippen molar-refractivity contribution in [3.63, 3.8) is 0 Å². The second kappa shape index (κ2) is 14.1. The Labute approximate surface area is 249 Å². The predicted octanol–water partition coefficient (Wildman–Crippen LogP) is 1.55. The molecule has 0 spiro atoms. The number of carbonyl (C=O) groups is 4. The van der Waals surface area contributed by atoms with E-state index in [4.69, 9.17) is 47.4 Å². The molecule has 0 amide bonds. The Morgan fingerprint density at radius 1 is 0.791 bits per heavy atom. The highest BCUT2D eigenvalue weighted by atomic mass is 16.8. The molecule has 1 aromatic rings. The number of rotatable bonds is 10.